The number of likely N-dealkylation sites (tertiary alicyclic amines) is 1. The van der Waals surface area contributed by atoms with Gasteiger partial charge in [0.05, 0.1) is 13.2 Å². The summed E-state index contributed by atoms with van der Waals surface area (Å²) in [6.07, 6.45) is 10.7. The van der Waals surface area contributed by atoms with Crippen LogP contribution in [-0.4, -0.2) is 56.2 Å². The van der Waals surface area contributed by atoms with Crippen molar-refractivity contribution in [1.82, 2.24) is 4.90 Å². The summed E-state index contributed by atoms with van der Waals surface area (Å²) in [7, 11) is 1.78. The summed E-state index contributed by atoms with van der Waals surface area (Å²) in [6, 6.07) is 5.21. The quantitative estimate of drug-likeness (QED) is 0.645. The van der Waals surface area contributed by atoms with E-state index in [0.717, 1.165) is 23.8 Å². The van der Waals surface area contributed by atoms with Gasteiger partial charge in [-0.3, -0.25) is 4.90 Å². The smallest absolute Gasteiger partial charge is 0.165 e. The molecule has 33 heavy (non-hydrogen) atoms. The minimum Gasteiger partial charge on any atom is -0.493 e. The zero-order valence-electron chi connectivity index (χ0n) is 20.1. The molecule has 1 aromatic rings. The average molecular weight is 452 g/mol. The van der Waals surface area contributed by atoms with Crippen molar-refractivity contribution in [2.75, 3.05) is 27.0 Å². The van der Waals surface area contributed by atoms with Gasteiger partial charge in [0, 0.05) is 41.4 Å². The standard InChI is InChI=1S/C28H37NO4/c1-3-4-5-20-18-10-19-25-27(14-29(25)12-16-6-7-16)11-17-8-9-21(30-2)24-22(17)28(19,13-27)26(33-24)23(18)32-15-31-20/h8-9,16,18-20,23,25-26H,3-7,10-15H2,1-2H3/t18-,19?,20?,23?,25?,26+,27?,28?/m1/s1. The van der Waals surface area contributed by atoms with Crippen molar-refractivity contribution in [3.8, 4) is 11.5 Å². The third kappa shape index (κ3) is 2.40. The zero-order valence-corrected chi connectivity index (χ0v) is 20.1. The van der Waals surface area contributed by atoms with Gasteiger partial charge in [-0.15, -0.1) is 0 Å². The minimum atomic E-state index is 0.0915. The van der Waals surface area contributed by atoms with E-state index in [4.69, 9.17) is 18.9 Å². The van der Waals surface area contributed by atoms with E-state index in [1.807, 2.05) is 0 Å². The lowest BCUT2D eigenvalue weighted by Crippen LogP contribution is -2.66. The number of rotatable bonds is 6. The SMILES string of the molecule is CCCCC1OCOC2[C@@H]1CC1C3N(CC4CC4)CC34Cc3ccc(OC)c5c3C1(C4)[C@H]2O5. The molecule has 0 amide bonds. The molecule has 4 aliphatic carbocycles. The first kappa shape index (κ1) is 19.9. The Bertz CT molecular complexity index is 992. The van der Waals surface area contributed by atoms with Gasteiger partial charge in [0.2, 0.25) is 0 Å². The number of fused-ring (bicyclic) bond motifs is 3. The number of ether oxygens (including phenoxy) is 4. The molecule has 5 heteroatoms. The molecule has 6 unspecified atom stereocenters. The summed E-state index contributed by atoms with van der Waals surface area (Å²) in [5.41, 5.74) is 3.55. The Morgan fingerprint density at radius 2 is 2.12 bits per heavy atom. The van der Waals surface area contributed by atoms with Crippen LogP contribution in [0.5, 0.6) is 11.5 Å². The van der Waals surface area contributed by atoms with E-state index in [0.29, 0.717) is 36.2 Å². The van der Waals surface area contributed by atoms with Crippen molar-refractivity contribution in [2.24, 2.45) is 23.2 Å². The van der Waals surface area contributed by atoms with E-state index in [9.17, 15) is 0 Å². The van der Waals surface area contributed by atoms with Gasteiger partial charge >= 0.3 is 0 Å². The molecule has 0 N–H and O–H groups in total. The molecule has 0 radical (unpaired) electrons. The second-order valence-corrected chi connectivity index (χ2v) is 12.3. The van der Waals surface area contributed by atoms with Crippen molar-refractivity contribution in [2.45, 2.75) is 88.1 Å². The Labute approximate surface area is 197 Å². The van der Waals surface area contributed by atoms with Gasteiger partial charge in [0.1, 0.15) is 19.0 Å². The van der Waals surface area contributed by atoms with E-state index in [2.05, 4.69) is 24.0 Å². The van der Waals surface area contributed by atoms with Crippen LogP contribution in [0, 0.1) is 23.2 Å². The number of hydrogen-bond acceptors (Lipinski definition) is 5. The molecule has 2 saturated heterocycles. The lowest BCUT2D eigenvalue weighted by atomic mass is 9.56. The van der Waals surface area contributed by atoms with Gasteiger partial charge in [-0.05, 0) is 62.0 Å². The van der Waals surface area contributed by atoms with Gasteiger partial charge in [-0.2, -0.15) is 0 Å². The van der Waals surface area contributed by atoms with Crippen molar-refractivity contribution >= 4 is 0 Å². The predicted molar refractivity (Wildman–Crippen MR) is 124 cm³/mol. The molecular weight excluding hydrogens is 414 g/mol. The molecule has 8 atom stereocenters. The molecule has 0 aromatic heterocycles. The molecule has 3 saturated carbocycles. The maximum absolute atomic E-state index is 6.99. The Morgan fingerprint density at radius 3 is 2.94 bits per heavy atom. The Balaban J connectivity index is 1.26. The fourth-order valence-electron chi connectivity index (χ4n) is 9.58. The first-order valence-electron chi connectivity index (χ1n) is 13.5. The van der Waals surface area contributed by atoms with Crippen LogP contribution in [0.15, 0.2) is 12.1 Å². The Morgan fingerprint density at radius 1 is 1.21 bits per heavy atom. The second kappa shape index (κ2) is 6.67. The van der Waals surface area contributed by atoms with E-state index in [-0.39, 0.29) is 17.6 Å². The molecule has 8 rings (SSSR count). The predicted octanol–water partition coefficient (Wildman–Crippen LogP) is 4.30. The number of nitrogens with zero attached hydrogens (tertiary/aromatic N) is 1. The van der Waals surface area contributed by atoms with Crippen LogP contribution in [0.4, 0.5) is 0 Å². The highest BCUT2D eigenvalue weighted by Crippen LogP contribution is 2.75. The normalized spacial score (nSPS) is 46.1. The minimum absolute atomic E-state index is 0.0915. The fraction of sp³-hybridized carbons (Fsp3) is 0.786. The summed E-state index contributed by atoms with van der Waals surface area (Å²) in [6.45, 7) is 5.30. The fourth-order valence-corrected chi connectivity index (χ4v) is 9.58. The third-order valence-electron chi connectivity index (χ3n) is 10.7. The van der Waals surface area contributed by atoms with Crippen molar-refractivity contribution in [3.05, 3.63) is 23.3 Å². The highest BCUT2D eigenvalue weighted by atomic mass is 16.7. The van der Waals surface area contributed by atoms with Crippen molar-refractivity contribution in [3.63, 3.8) is 0 Å². The third-order valence-corrected chi connectivity index (χ3v) is 10.7. The van der Waals surface area contributed by atoms with Gasteiger partial charge in [-0.1, -0.05) is 25.8 Å². The number of methoxy groups -OCH3 is 1. The number of hydrogen-bond donors (Lipinski definition) is 0. The zero-order chi connectivity index (χ0) is 21.9. The monoisotopic (exact) mass is 451 g/mol. The topological polar surface area (TPSA) is 40.2 Å². The summed E-state index contributed by atoms with van der Waals surface area (Å²) >= 11 is 0. The lowest BCUT2D eigenvalue weighted by Gasteiger charge is -2.57. The van der Waals surface area contributed by atoms with E-state index in [1.54, 1.807) is 7.11 Å². The molecule has 2 bridgehead atoms. The lowest BCUT2D eigenvalue weighted by molar-refractivity contribution is -0.254. The van der Waals surface area contributed by atoms with Crippen LogP contribution < -0.4 is 9.47 Å². The Kier molecular flexibility index (Phi) is 4.03. The van der Waals surface area contributed by atoms with Gasteiger partial charge in [-0.25, -0.2) is 0 Å². The first-order chi connectivity index (χ1) is 16.2. The van der Waals surface area contributed by atoms with Crippen LogP contribution in [-0.2, 0) is 21.3 Å². The largest absolute Gasteiger partial charge is 0.493 e. The number of unbranched alkanes of at least 4 members (excludes halogenated alkanes) is 1. The summed E-state index contributed by atoms with van der Waals surface area (Å²) < 4.78 is 25.6. The van der Waals surface area contributed by atoms with E-state index in [1.165, 1.54) is 69.2 Å². The van der Waals surface area contributed by atoms with E-state index < -0.39 is 0 Å². The molecule has 3 aliphatic heterocycles. The molecule has 2 spiro atoms. The average Bonchev–Trinajstić information content (AvgIpc) is 3.53. The summed E-state index contributed by atoms with van der Waals surface area (Å²) in [4.78, 5) is 2.89. The van der Waals surface area contributed by atoms with Crippen molar-refractivity contribution < 1.29 is 18.9 Å². The van der Waals surface area contributed by atoms with Crippen LogP contribution >= 0.6 is 0 Å². The van der Waals surface area contributed by atoms with Crippen LogP contribution in [0.3, 0.4) is 0 Å². The maximum Gasteiger partial charge on any atom is 0.165 e. The number of benzene rings is 1. The maximum atomic E-state index is 6.99. The molecule has 178 valence electrons. The highest BCUT2D eigenvalue weighted by Gasteiger charge is 2.78. The van der Waals surface area contributed by atoms with Crippen LogP contribution in [0.1, 0.15) is 63.0 Å². The van der Waals surface area contributed by atoms with Gasteiger partial charge in [0.25, 0.3) is 0 Å². The van der Waals surface area contributed by atoms with Crippen molar-refractivity contribution in [1.29, 1.82) is 0 Å². The van der Waals surface area contributed by atoms with Gasteiger partial charge in [0.15, 0.2) is 11.5 Å². The molecule has 5 fully saturated rings. The second-order valence-electron chi connectivity index (χ2n) is 12.3. The van der Waals surface area contributed by atoms with Gasteiger partial charge < -0.3 is 18.9 Å². The molecule has 5 nitrogen and oxygen atoms in total. The summed E-state index contributed by atoms with van der Waals surface area (Å²) in [5, 5.41) is 0. The van der Waals surface area contributed by atoms with Crippen LogP contribution in [0.2, 0.25) is 0 Å². The summed E-state index contributed by atoms with van der Waals surface area (Å²) in [5.74, 6) is 3.97. The highest BCUT2D eigenvalue weighted by molar-refractivity contribution is 5.63. The van der Waals surface area contributed by atoms with E-state index >= 15 is 0 Å². The van der Waals surface area contributed by atoms with Crippen LogP contribution in [0.25, 0.3) is 0 Å². The molecule has 3 heterocycles. The Hall–Kier alpha value is -1.30. The molecular formula is C28H37NO4. The molecule has 1 aromatic carbocycles. The first-order valence-corrected chi connectivity index (χ1v) is 13.5. The molecule has 7 aliphatic rings.